The molecular weight excluding hydrogens is 297 g/mol. The van der Waals surface area contributed by atoms with Gasteiger partial charge in [-0.15, -0.1) is 0 Å². The van der Waals surface area contributed by atoms with Crippen molar-refractivity contribution in [3.05, 3.63) is 0 Å². The molecule has 90 valence electrons. The molecule has 0 amide bonds. The van der Waals surface area contributed by atoms with Gasteiger partial charge in [-0.2, -0.15) is 0 Å². The summed E-state index contributed by atoms with van der Waals surface area (Å²) in [5, 5.41) is 0. The first-order valence-corrected chi connectivity index (χ1v) is 9.79. The first kappa shape index (κ1) is 12.2. The number of rotatable bonds is 5. The number of halogens is 1. The second-order valence-corrected chi connectivity index (χ2v) is 8.38. The second-order valence-electron chi connectivity index (χ2n) is 5.33. The molecule has 0 saturated heterocycles. The van der Waals surface area contributed by atoms with Crippen LogP contribution in [0.5, 0.6) is 0 Å². The van der Waals surface area contributed by atoms with Gasteiger partial charge in [0.1, 0.15) is 0 Å². The van der Waals surface area contributed by atoms with Crippen LogP contribution in [-0.2, 0) is 0 Å². The van der Waals surface area contributed by atoms with E-state index in [2.05, 4.69) is 30.7 Å². The molecule has 2 saturated carbocycles. The molecule has 4 atom stereocenters. The first-order chi connectivity index (χ1) is 7.19. The van der Waals surface area contributed by atoms with Gasteiger partial charge in [-0.3, -0.25) is 0 Å². The number of hydrogen-bond acceptors (Lipinski definition) is 1. The Hall–Kier alpha value is 0.690. The van der Waals surface area contributed by atoms with Crippen molar-refractivity contribution in [2.24, 2.45) is 17.8 Å². The Morgan fingerprint density at radius 3 is 2.53 bits per heavy atom. The zero-order chi connectivity index (χ0) is 11.0. The quantitative estimate of drug-likeness (QED) is 0.385. The third-order valence-electron chi connectivity index (χ3n) is 4.66. The normalized spacial score (nSPS) is 38.1. The molecule has 2 fully saturated rings. The molecule has 2 unspecified atom stereocenters. The van der Waals surface area contributed by atoms with Crippen LogP contribution in [0, 0.1) is 17.8 Å². The van der Waals surface area contributed by atoms with E-state index in [-0.39, 0.29) is 0 Å². The summed E-state index contributed by atoms with van der Waals surface area (Å²) >= 11 is 0.385. The van der Waals surface area contributed by atoms with Crippen LogP contribution >= 0.6 is 0 Å². The van der Waals surface area contributed by atoms with Gasteiger partial charge in [0.25, 0.3) is 0 Å². The van der Waals surface area contributed by atoms with Crippen molar-refractivity contribution >= 4 is 0 Å². The molecule has 0 bridgehead atoms. The van der Waals surface area contributed by atoms with Gasteiger partial charge in [0, 0.05) is 0 Å². The van der Waals surface area contributed by atoms with Crippen LogP contribution < -0.4 is 21.2 Å². The van der Waals surface area contributed by atoms with E-state index in [4.69, 9.17) is 0 Å². The van der Waals surface area contributed by atoms with Crippen molar-refractivity contribution in [2.45, 2.75) is 49.6 Å². The van der Waals surface area contributed by atoms with Gasteiger partial charge in [-0.05, 0) is 0 Å². The average Bonchev–Trinajstić information content (AvgIpc) is 2.99. The van der Waals surface area contributed by atoms with Crippen LogP contribution in [0.4, 0.5) is 0 Å². The Bertz CT molecular complexity index is 215. The molecule has 0 radical (unpaired) electrons. The van der Waals surface area contributed by atoms with E-state index in [1.165, 1.54) is 25.7 Å². The van der Waals surface area contributed by atoms with Crippen molar-refractivity contribution in [1.29, 1.82) is 0 Å². The molecule has 0 aromatic rings. The molecule has 15 heavy (non-hydrogen) atoms. The molecule has 2 aliphatic rings. The molecular formula is C13H25IN-. The van der Waals surface area contributed by atoms with Gasteiger partial charge >= 0.3 is 105 Å². The van der Waals surface area contributed by atoms with E-state index in [1.54, 1.807) is 0 Å². The van der Waals surface area contributed by atoms with E-state index in [0.29, 0.717) is 21.2 Å². The van der Waals surface area contributed by atoms with Crippen LogP contribution in [0.25, 0.3) is 0 Å². The Morgan fingerprint density at radius 2 is 2.07 bits per heavy atom. The number of alkyl halides is 2. The number of hydrogen-bond donors (Lipinski definition) is 0. The second kappa shape index (κ2) is 4.91. The monoisotopic (exact) mass is 322 g/mol. The van der Waals surface area contributed by atoms with Crippen molar-refractivity contribution in [3.8, 4) is 0 Å². The summed E-state index contributed by atoms with van der Waals surface area (Å²) in [4.78, 5) is 5.11. The molecule has 0 aromatic heterocycles. The summed E-state index contributed by atoms with van der Waals surface area (Å²) in [6.45, 7) is 4.82. The van der Waals surface area contributed by atoms with Crippen molar-refractivity contribution in [1.82, 2.24) is 4.90 Å². The summed E-state index contributed by atoms with van der Waals surface area (Å²) in [6, 6.07) is 0.926. The summed E-state index contributed by atoms with van der Waals surface area (Å²) in [6.07, 6.45) is 5.99. The minimum atomic E-state index is 0.385. The van der Waals surface area contributed by atoms with Crippen LogP contribution in [0.2, 0.25) is 0 Å². The first-order valence-electron chi connectivity index (χ1n) is 6.39. The van der Waals surface area contributed by atoms with Gasteiger partial charge in [0.15, 0.2) is 0 Å². The van der Waals surface area contributed by atoms with E-state index in [1.807, 2.05) is 0 Å². The standard InChI is InChI=1S/C13H25IN/c1-5-11-12(10-6-7-10)8-13(11)15(4)9(2)14-3/h9-13H,5-8H2,1-4H3/q-1/t9-,11-,12?,13?/m1/s1. The van der Waals surface area contributed by atoms with E-state index in [0.717, 1.165) is 27.8 Å². The SMILES string of the molecule is CC[C@@H]1C(C2CC2)CC1N(C)[C@H](C)[I-]C. The van der Waals surface area contributed by atoms with E-state index < -0.39 is 0 Å². The van der Waals surface area contributed by atoms with Crippen LogP contribution in [0.3, 0.4) is 0 Å². The Labute approximate surface area is 105 Å². The predicted octanol–water partition coefficient (Wildman–Crippen LogP) is -0.192. The van der Waals surface area contributed by atoms with Gasteiger partial charge in [0.05, 0.1) is 0 Å². The van der Waals surface area contributed by atoms with E-state index in [9.17, 15) is 0 Å². The van der Waals surface area contributed by atoms with Gasteiger partial charge in [-0.25, -0.2) is 0 Å². The van der Waals surface area contributed by atoms with Gasteiger partial charge < -0.3 is 0 Å². The molecule has 2 rings (SSSR count). The fourth-order valence-electron chi connectivity index (χ4n) is 3.25. The Balaban J connectivity index is 1.88. The summed E-state index contributed by atoms with van der Waals surface area (Å²) in [7, 11) is 2.37. The number of nitrogens with zero attached hydrogens (tertiary/aromatic N) is 1. The molecule has 0 spiro atoms. The molecule has 2 heteroatoms. The van der Waals surface area contributed by atoms with Gasteiger partial charge in [-0.1, -0.05) is 0 Å². The third kappa shape index (κ3) is 2.36. The maximum atomic E-state index is 2.69. The molecule has 0 aromatic carbocycles. The minimum absolute atomic E-state index is 0.385. The average molecular weight is 322 g/mol. The van der Waals surface area contributed by atoms with Crippen LogP contribution in [0.1, 0.15) is 39.5 Å². The molecule has 2 aliphatic carbocycles. The van der Waals surface area contributed by atoms with Crippen molar-refractivity contribution < 1.29 is 21.2 Å². The summed E-state index contributed by atoms with van der Waals surface area (Å²) in [5.74, 6) is 3.26. The summed E-state index contributed by atoms with van der Waals surface area (Å²) in [5.41, 5.74) is 0. The predicted molar refractivity (Wildman–Crippen MR) is 61.5 cm³/mol. The molecule has 0 aliphatic heterocycles. The zero-order valence-corrected chi connectivity index (χ0v) is 12.7. The topological polar surface area (TPSA) is 3.24 Å². The third-order valence-corrected chi connectivity index (χ3v) is 7.34. The fourth-order valence-corrected chi connectivity index (χ4v) is 4.54. The van der Waals surface area contributed by atoms with Crippen LogP contribution in [-0.4, -0.2) is 27.0 Å². The Kier molecular flexibility index (Phi) is 3.98. The molecule has 0 heterocycles. The van der Waals surface area contributed by atoms with Crippen molar-refractivity contribution in [2.75, 3.05) is 12.0 Å². The zero-order valence-electron chi connectivity index (χ0n) is 10.5. The van der Waals surface area contributed by atoms with E-state index >= 15 is 0 Å². The van der Waals surface area contributed by atoms with Crippen LogP contribution in [0.15, 0.2) is 0 Å². The van der Waals surface area contributed by atoms with Crippen molar-refractivity contribution in [3.63, 3.8) is 0 Å². The maximum absolute atomic E-state index is 2.69. The van der Waals surface area contributed by atoms with Gasteiger partial charge in [0.2, 0.25) is 0 Å². The Morgan fingerprint density at radius 1 is 1.40 bits per heavy atom. The fraction of sp³-hybridized carbons (Fsp3) is 1.00. The summed E-state index contributed by atoms with van der Waals surface area (Å²) < 4.78 is 0.878. The molecule has 0 N–H and O–H groups in total. The molecule has 1 nitrogen and oxygen atoms in total.